The van der Waals surface area contributed by atoms with Gasteiger partial charge in [0.05, 0.1) is 0 Å². The van der Waals surface area contributed by atoms with Crippen LogP contribution in [0.5, 0.6) is 5.75 Å². The Hall–Kier alpha value is -1.02. The zero-order valence-corrected chi connectivity index (χ0v) is 8.96. The van der Waals surface area contributed by atoms with E-state index in [0.29, 0.717) is 11.8 Å². The third-order valence-corrected chi connectivity index (χ3v) is 2.53. The second-order valence-electron chi connectivity index (χ2n) is 3.75. The van der Waals surface area contributed by atoms with Gasteiger partial charge in [0, 0.05) is 6.04 Å². The quantitative estimate of drug-likeness (QED) is 0.752. The lowest BCUT2D eigenvalue weighted by molar-refractivity contribution is 0.475. The summed E-state index contributed by atoms with van der Waals surface area (Å²) in [6.07, 6.45) is 3.47. The predicted molar refractivity (Wildman–Crippen MR) is 59.6 cm³/mol. The fraction of sp³-hybridized carbons (Fsp3) is 0.500. The molecule has 0 amide bonds. The van der Waals surface area contributed by atoms with Crippen LogP contribution in [0, 0.1) is 0 Å². The Bertz CT molecular complexity index is 256. The van der Waals surface area contributed by atoms with Gasteiger partial charge >= 0.3 is 0 Å². The number of hydrogen-bond acceptors (Lipinski definition) is 2. The van der Waals surface area contributed by atoms with Crippen molar-refractivity contribution >= 4 is 0 Å². The first-order chi connectivity index (χ1) is 6.72. The van der Waals surface area contributed by atoms with Gasteiger partial charge in [-0.2, -0.15) is 0 Å². The first-order valence-corrected chi connectivity index (χ1v) is 5.17. The fourth-order valence-corrected chi connectivity index (χ4v) is 1.42. The Labute approximate surface area is 86.0 Å². The largest absolute Gasteiger partial charge is 0.508 e. The van der Waals surface area contributed by atoms with Crippen LogP contribution < -0.4 is 5.32 Å². The Morgan fingerprint density at radius 2 is 1.93 bits per heavy atom. The summed E-state index contributed by atoms with van der Waals surface area (Å²) < 4.78 is 0. The topological polar surface area (TPSA) is 32.3 Å². The van der Waals surface area contributed by atoms with Crippen molar-refractivity contribution in [2.45, 2.75) is 32.2 Å². The molecule has 0 saturated carbocycles. The summed E-state index contributed by atoms with van der Waals surface area (Å²) in [6, 6.07) is 8.05. The van der Waals surface area contributed by atoms with E-state index in [0.717, 1.165) is 6.42 Å². The van der Waals surface area contributed by atoms with Crippen molar-refractivity contribution in [3.05, 3.63) is 29.8 Å². The molecular formula is C12H19NO. The Morgan fingerprint density at radius 3 is 2.50 bits per heavy atom. The highest BCUT2D eigenvalue weighted by Gasteiger charge is 1.98. The molecule has 0 aliphatic rings. The van der Waals surface area contributed by atoms with E-state index in [9.17, 15) is 0 Å². The maximum atomic E-state index is 9.10. The van der Waals surface area contributed by atoms with Crippen LogP contribution >= 0.6 is 0 Å². The number of aryl methyl sites for hydroxylation is 1. The standard InChI is InChI=1S/C12H19NO/c1-10(13-2)4-3-5-11-6-8-12(14)9-7-11/h6-10,13-14H,3-5H2,1-2H3. The molecule has 14 heavy (non-hydrogen) atoms. The summed E-state index contributed by atoms with van der Waals surface area (Å²) in [4.78, 5) is 0. The summed E-state index contributed by atoms with van der Waals surface area (Å²) in [5.41, 5.74) is 1.30. The highest BCUT2D eigenvalue weighted by Crippen LogP contribution is 2.12. The van der Waals surface area contributed by atoms with Crippen molar-refractivity contribution in [3.8, 4) is 5.75 Å². The van der Waals surface area contributed by atoms with E-state index in [4.69, 9.17) is 5.11 Å². The molecule has 1 aromatic carbocycles. The molecule has 0 saturated heterocycles. The fourth-order valence-electron chi connectivity index (χ4n) is 1.42. The normalized spacial score (nSPS) is 12.7. The second kappa shape index (κ2) is 5.66. The number of phenols is 1. The van der Waals surface area contributed by atoms with Gasteiger partial charge in [-0.15, -0.1) is 0 Å². The minimum Gasteiger partial charge on any atom is -0.508 e. The number of aromatic hydroxyl groups is 1. The summed E-state index contributed by atoms with van der Waals surface area (Å²) in [5.74, 6) is 0.345. The maximum Gasteiger partial charge on any atom is 0.115 e. The minimum absolute atomic E-state index is 0.345. The van der Waals surface area contributed by atoms with E-state index in [-0.39, 0.29) is 0 Å². The van der Waals surface area contributed by atoms with E-state index in [1.807, 2.05) is 19.2 Å². The summed E-state index contributed by atoms with van der Waals surface area (Å²) in [7, 11) is 1.99. The van der Waals surface area contributed by atoms with E-state index in [2.05, 4.69) is 12.2 Å². The Morgan fingerprint density at radius 1 is 1.29 bits per heavy atom. The molecule has 1 rings (SSSR count). The molecule has 78 valence electrons. The van der Waals surface area contributed by atoms with E-state index >= 15 is 0 Å². The van der Waals surface area contributed by atoms with Gasteiger partial charge in [0.1, 0.15) is 5.75 Å². The third kappa shape index (κ3) is 3.79. The zero-order valence-electron chi connectivity index (χ0n) is 8.96. The molecular weight excluding hydrogens is 174 g/mol. The van der Waals surface area contributed by atoms with Crippen LogP contribution in [0.4, 0.5) is 0 Å². The lowest BCUT2D eigenvalue weighted by atomic mass is 10.1. The van der Waals surface area contributed by atoms with Gasteiger partial charge in [0.25, 0.3) is 0 Å². The molecule has 0 aliphatic carbocycles. The van der Waals surface area contributed by atoms with Gasteiger partial charge in [-0.25, -0.2) is 0 Å². The van der Waals surface area contributed by atoms with Gasteiger partial charge in [0.2, 0.25) is 0 Å². The average molecular weight is 193 g/mol. The maximum absolute atomic E-state index is 9.10. The molecule has 0 radical (unpaired) electrons. The van der Waals surface area contributed by atoms with Gasteiger partial charge in [-0.3, -0.25) is 0 Å². The second-order valence-corrected chi connectivity index (χ2v) is 3.75. The van der Waals surface area contributed by atoms with Crippen LogP contribution in [-0.2, 0) is 6.42 Å². The van der Waals surface area contributed by atoms with Crippen LogP contribution in [-0.4, -0.2) is 18.2 Å². The van der Waals surface area contributed by atoms with Crippen molar-refractivity contribution in [3.63, 3.8) is 0 Å². The highest BCUT2D eigenvalue weighted by molar-refractivity contribution is 5.25. The van der Waals surface area contributed by atoms with Gasteiger partial charge < -0.3 is 10.4 Å². The molecule has 0 heterocycles. The van der Waals surface area contributed by atoms with Crippen molar-refractivity contribution in [2.24, 2.45) is 0 Å². The molecule has 2 nitrogen and oxygen atoms in total. The summed E-state index contributed by atoms with van der Waals surface area (Å²) in [5, 5.41) is 12.3. The Balaban J connectivity index is 2.28. The van der Waals surface area contributed by atoms with E-state index in [1.165, 1.54) is 18.4 Å². The van der Waals surface area contributed by atoms with Crippen LogP contribution in [0.25, 0.3) is 0 Å². The third-order valence-electron chi connectivity index (χ3n) is 2.53. The van der Waals surface area contributed by atoms with E-state index in [1.54, 1.807) is 12.1 Å². The first kappa shape index (κ1) is 11.1. The lowest BCUT2D eigenvalue weighted by Crippen LogP contribution is -2.20. The van der Waals surface area contributed by atoms with E-state index < -0.39 is 0 Å². The van der Waals surface area contributed by atoms with Crippen LogP contribution in [0.1, 0.15) is 25.3 Å². The molecule has 0 bridgehead atoms. The van der Waals surface area contributed by atoms with Crippen molar-refractivity contribution < 1.29 is 5.11 Å². The van der Waals surface area contributed by atoms with Crippen LogP contribution in [0.3, 0.4) is 0 Å². The van der Waals surface area contributed by atoms with Gasteiger partial charge in [-0.1, -0.05) is 12.1 Å². The highest BCUT2D eigenvalue weighted by atomic mass is 16.3. The number of phenolic OH excluding ortho intramolecular Hbond substituents is 1. The molecule has 1 unspecified atom stereocenters. The van der Waals surface area contributed by atoms with Crippen molar-refractivity contribution in [1.82, 2.24) is 5.32 Å². The number of rotatable bonds is 5. The van der Waals surface area contributed by atoms with Crippen molar-refractivity contribution in [1.29, 1.82) is 0 Å². The SMILES string of the molecule is CNC(C)CCCc1ccc(O)cc1. The molecule has 2 N–H and O–H groups in total. The predicted octanol–water partition coefficient (Wildman–Crippen LogP) is 2.32. The number of hydrogen-bond donors (Lipinski definition) is 2. The molecule has 0 spiro atoms. The summed E-state index contributed by atoms with van der Waals surface area (Å²) >= 11 is 0. The summed E-state index contributed by atoms with van der Waals surface area (Å²) in [6.45, 7) is 2.19. The minimum atomic E-state index is 0.345. The van der Waals surface area contributed by atoms with Crippen molar-refractivity contribution in [2.75, 3.05) is 7.05 Å². The molecule has 1 aromatic rings. The molecule has 2 heteroatoms. The number of nitrogens with one attached hydrogen (secondary N) is 1. The lowest BCUT2D eigenvalue weighted by Gasteiger charge is -2.09. The van der Waals surface area contributed by atoms with Crippen LogP contribution in [0.2, 0.25) is 0 Å². The van der Waals surface area contributed by atoms with Gasteiger partial charge in [0.15, 0.2) is 0 Å². The molecule has 0 aromatic heterocycles. The monoisotopic (exact) mass is 193 g/mol. The van der Waals surface area contributed by atoms with Crippen LogP contribution in [0.15, 0.2) is 24.3 Å². The smallest absolute Gasteiger partial charge is 0.115 e. The number of benzene rings is 1. The Kier molecular flexibility index (Phi) is 4.47. The molecule has 0 aliphatic heterocycles. The molecule has 1 atom stereocenters. The average Bonchev–Trinajstić information content (AvgIpc) is 2.21. The zero-order chi connectivity index (χ0) is 10.4. The van der Waals surface area contributed by atoms with Gasteiger partial charge in [-0.05, 0) is 50.9 Å². The first-order valence-electron chi connectivity index (χ1n) is 5.17. The molecule has 0 fully saturated rings.